The maximum atomic E-state index is 13.0. The van der Waals surface area contributed by atoms with Crippen LogP contribution in [0, 0.1) is 23.6 Å². The maximum absolute atomic E-state index is 13.0. The van der Waals surface area contributed by atoms with Crippen LogP contribution >= 0.6 is 0 Å². The molecular formula is C18H19FN6O. The van der Waals surface area contributed by atoms with Crippen molar-refractivity contribution in [2.75, 3.05) is 18.4 Å². The number of imidazole rings is 1. The second kappa shape index (κ2) is 6.75. The third-order valence-corrected chi connectivity index (χ3v) is 4.61. The van der Waals surface area contributed by atoms with Crippen LogP contribution in [0.25, 0.3) is 0 Å². The van der Waals surface area contributed by atoms with Crippen LogP contribution in [0.1, 0.15) is 24.5 Å². The zero-order valence-electron chi connectivity index (χ0n) is 14.4. The van der Waals surface area contributed by atoms with E-state index in [2.05, 4.69) is 32.1 Å². The van der Waals surface area contributed by atoms with Crippen molar-refractivity contribution in [3.63, 3.8) is 0 Å². The van der Waals surface area contributed by atoms with Crippen molar-refractivity contribution in [2.24, 2.45) is 13.0 Å². The molecule has 2 aromatic rings. The van der Waals surface area contributed by atoms with E-state index in [9.17, 15) is 9.18 Å². The normalized spacial score (nSPS) is 22.0. The highest BCUT2D eigenvalue weighted by Crippen LogP contribution is 2.29. The summed E-state index contributed by atoms with van der Waals surface area (Å²) in [6.07, 6.45) is 8.08. The Kier molecular flexibility index (Phi) is 4.29. The van der Waals surface area contributed by atoms with Gasteiger partial charge in [0, 0.05) is 38.2 Å². The SMILES string of the molecule is Cn1cnc([C@@H]2CN(C(=O)C#CC3CC3)C[C@H]2Nc2ncc(F)cn2)c1. The number of hydrogen-bond donors (Lipinski definition) is 1. The van der Waals surface area contributed by atoms with Gasteiger partial charge >= 0.3 is 0 Å². The van der Waals surface area contributed by atoms with Crippen LogP contribution in [0.2, 0.25) is 0 Å². The van der Waals surface area contributed by atoms with Gasteiger partial charge in [-0.25, -0.2) is 19.3 Å². The van der Waals surface area contributed by atoms with Crippen LogP contribution in [0.15, 0.2) is 24.9 Å². The molecule has 1 saturated carbocycles. The molecule has 26 heavy (non-hydrogen) atoms. The fourth-order valence-electron chi connectivity index (χ4n) is 3.06. The summed E-state index contributed by atoms with van der Waals surface area (Å²) in [6, 6.07) is -0.123. The zero-order valence-corrected chi connectivity index (χ0v) is 14.4. The van der Waals surface area contributed by atoms with Crippen molar-refractivity contribution in [1.82, 2.24) is 24.4 Å². The minimum Gasteiger partial charge on any atom is -0.349 e. The second-order valence-electron chi connectivity index (χ2n) is 6.80. The third kappa shape index (κ3) is 3.67. The molecule has 2 aliphatic rings. The molecule has 1 N–H and O–H groups in total. The molecule has 1 aliphatic heterocycles. The number of nitrogens with one attached hydrogen (secondary N) is 1. The predicted molar refractivity (Wildman–Crippen MR) is 92.4 cm³/mol. The van der Waals surface area contributed by atoms with Crippen LogP contribution in [-0.4, -0.2) is 49.5 Å². The number of hydrogen-bond acceptors (Lipinski definition) is 5. The number of aromatic nitrogens is 4. The predicted octanol–water partition coefficient (Wildman–Crippen LogP) is 1.17. The number of likely N-dealkylation sites (tertiary alicyclic amines) is 1. The van der Waals surface area contributed by atoms with Crippen LogP contribution in [-0.2, 0) is 11.8 Å². The van der Waals surface area contributed by atoms with E-state index < -0.39 is 5.82 Å². The molecule has 2 fully saturated rings. The highest BCUT2D eigenvalue weighted by atomic mass is 19.1. The van der Waals surface area contributed by atoms with Gasteiger partial charge in [0.1, 0.15) is 0 Å². The lowest BCUT2D eigenvalue weighted by atomic mass is 10.0. The van der Waals surface area contributed by atoms with E-state index >= 15 is 0 Å². The average molecular weight is 354 g/mol. The molecular weight excluding hydrogens is 335 g/mol. The Hall–Kier alpha value is -2.95. The molecule has 4 rings (SSSR count). The van der Waals surface area contributed by atoms with Gasteiger partial charge in [0.15, 0.2) is 5.82 Å². The highest BCUT2D eigenvalue weighted by molar-refractivity contribution is 5.94. The fraction of sp³-hybridized carbons (Fsp3) is 0.444. The van der Waals surface area contributed by atoms with Crippen LogP contribution in [0.4, 0.5) is 10.3 Å². The first-order chi connectivity index (χ1) is 12.6. The van der Waals surface area contributed by atoms with Crippen molar-refractivity contribution < 1.29 is 9.18 Å². The van der Waals surface area contributed by atoms with Crippen LogP contribution < -0.4 is 5.32 Å². The molecule has 0 bridgehead atoms. The fourth-order valence-corrected chi connectivity index (χ4v) is 3.06. The molecule has 0 spiro atoms. The minimum atomic E-state index is -0.490. The molecule has 1 aliphatic carbocycles. The van der Waals surface area contributed by atoms with Crippen LogP contribution in [0.5, 0.6) is 0 Å². The van der Waals surface area contributed by atoms with E-state index in [0.29, 0.717) is 25.0 Å². The highest BCUT2D eigenvalue weighted by Gasteiger charge is 2.37. The number of carbonyl (C=O) groups excluding carboxylic acids is 1. The smallest absolute Gasteiger partial charge is 0.298 e. The molecule has 2 atom stereocenters. The summed E-state index contributed by atoms with van der Waals surface area (Å²) in [4.78, 5) is 26.5. The quantitative estimate of drug-likeness (QED) is 0.838. The van der Waals surface area contributed by atoms with Gasteiger partial charge in [-0.2, -0.15) is 0 Å². The van der Waals surface area contributed by atoms with Gasteiger partial charge in [0.2, 0.25) is 5.95 Å². The maximum Gasteiger partial charge on any atom is 0.298 e. The third-order valence-electron chi connectivity index (χ3n) is 4.61. The molecule has 1 amide bonds. The Morgan fingerprint density at radius 2 is 2.04 bits per heavy atom. The molecule has 3 heterocycles. The Bertz CT molecular complexity index is 864. The molecule has 8 heteroatoms. The standard InChI is InChI=1S/C18H19FN6O/c1-24-9-15(22-11-24)14-8-25(17(26)5-4-12-2-3-12)10-16(14)23-18-20-6-13(19)7-21-18/h6-7,9,11-12,14,16H,2-3,8,10H2,1H3,(H,20,21,23)/t14-,16+/m0/s1. The molecule has 2 aromatic heterocycles. The Morgan fingerprint density at radius 3 is 2.69 bits per heavy atom. The van der Waals surface area contributed by atoms with Crippen molar-refractivity contribution in [3.8, 4) is 11.8 Å². The summed E-state index contributed by atoms with van der Waals surface area (Å²) in [5, 5.41) is 3.21. The summed E-state index contributed by atoms with van der Waals surface area (Å²) in [5.74, 6) is 5.81. The first-order valence-corrected chi connectivity index (χ1v) is 8.61. The number of carbonyl (C=O) groups is 1. The van der Waals surface area contributed by atoms with E-state index in [1.807, 2.05) is 17.8 Å². The molecule has 0 aromatic carbocycles. The minimum absolute atomic E-state index is 0.0171. The Labute approximate surface area is 150 Å². The zero-order chi connectivity index (χ0) is 18.1. The molecule has 7 nitrogen and oxygen atoms in total. The van der Waals surface area contributed by atoms with E-state index in [-0.39, 0.29) is 17.9 Å². The van der Waals surface area contributed by atoms with E-state index in [0.717, 1.165) is 30.9 Å². The van der Waals surface area contributed by atoms with Gasteiger partial charge in [-0.1, -0.05) is 5.92 Å². The van der Waals surface area contributed by atoms with Gasteiger partial charge < -0.3 is 14.8 Å². The van der Waals surface area contributed by atoms with E-state index in [1.54, 1.807) is 11.2 Å². The van der Waals surface area contributed by atoms with Crippen molar-refractivity contribution in [1.29, 1.82) is 0 Å². The lowest BCUT2D eigenvalue weighted by molar-refractivity contribution is -0.124. The van der Waals surface area contributed by atoms with Gasteiger partial charge in [0.25, 0.3) is 5.91 Å². The van der Waals surface area contributed by atoms with Gasteiger partial charge in [-0.3, -0.25) is 4.79 Å². The summed E-state index contributed by atoms with van der Waals surface area (Å²) < 4.78 is 14.9. The molecule has 134 valence electrons. The first kappa shape index (κ1) is 16.5. The van der Waals surface area contributed by atoms with Gasteiger partial charge in [0.05, 0.1) is 30.5 Å². The summed E-state index contributed by atoms with van der Waals surface area (Å²) in [5.41, 5.74) is 0.887. The molecule has 1 saturated heterocycles. The number of rotatable bonds is 3. The topological polar surface area (TPSA) is 75.9 Å². The lowest BCUT2D eigenvalue weighted by Gasteiger charge is -2.17. The summed E-state index contributed by atoms with van der Waals surface area (Å²) in [7, 11) is 1.90. The largest absolute Gasteiger partial charge is 0.349 e. The number of amides is 1. The second-order valence-corrected chi connectivity index (χ2v) is 6.80. The average Bonchev–Trinajstić information content (AvgIpc) is 3.22. The first-order valence-electron chi connectivity index (χ1n) is 8.61. The van der Waals surface area contributed by atoms with Gasteiger partial charge in [-0.05, 0) is 18.8 Å². The van der Waals surface area contributed by atoms with E-state index in [1.165, 1.54) is 0 Å². The summed E-state index contributed by atoms with van der Waals surface area (Å²) >= 11 is 0. The van der Waals surface area contributed by atoms with Crippen molar-refractivity contribution >= 4 is 11.9 Å². The van der Waals surface area contributed by atoms with Crippen LogP contribution in [0.3, 0.4) is 0 Å². The molecule has 0 radical (unpaired) electrons. The number of nitrogens with zero attached hydrogens (tertiary/aromatic N) is 5. The molecule has 0 unspecified atom stereocenters. The van der Waals surface area contributed by atoms with Crippen molar-refractivity contribution in [2.45, 2.75) is 24.8 Å². The van der Waals surface area contributed by atoms with E-state index in [4.69, 9.17) is 0 Å². The lowest BCUT2D eigenvalue weighted by Crippen LogP contribution is -2.31. The monoisotopic (exact) mass is 354 g/mol. The Morgan fingerprint density at radius 1 is 1.27 bits per heavy atom. The van der Waals surface area contributed by atoms with Gasteiger partial charge in [-0.15, -0.1) is 0 Å². The number of anilines is 1. The van der Waals surface area contributed by atoms with Crippen molar-refractivity contribution in [3.05, 3.63) is 36.4 Å². The summed E-state index contributed by atoms with van der Waals surface area (Å²) in [6.45, 7) is 0.994. The number of halogens is 1. The Balaban J connectivity index is 1.53. The number of aryl methyl sites for hydroxylation is 1.